The van der Waals surface area contributed by atoms with Crippen LogP contribution in [-0.4, -0.2) is 24.5 Å². The number of benzene rings is 1. The van der Waals surface area contributed by atoms with Gasteiger partial charge in [0.25, 0.3) is 0 Å². The third-order valence-corrected chi connectivity index (χ3v) is 4.28. The maximum absolute atomic E-state index is 11.7. The predicted molar refractivity (Wildman–Crippen MR) is 87.6 cm³/mol. The van der Waals surface area contributed by atoms with Crippen LogP contribution >= 0.6 is 11.6 Å². The highest BCUT2D eigenvalue weighted by atomic mass is 35.5. The molecule has 21 heavy (non-hydrogen) atoms. The van der Waals surface area contributed by atoms with Crippen molar-refractivity contribution < 1.29 is 4.79 Å². The molecule has 1 atom stereocenters. The van der Waals surface area contributed by atoms with E-state index in [0.29, 0.717) is 12.6 Å². The van der Waals surface area contributed by atoms with Crippen LogP contribution in [0.25, 0.3) is 0 Å². The first-order valence-electron chi connectivity index (χ1n) is 7.57. The number of anilines is 1. The minimum absolute atomic E-state index is 0.227. The second-order valence-corrected chi connectivity index (χ2v) is 6.29. The first-order valence-corrected chi connectivity index (χ1v) is 7.95. The number of nitrogens with two attached hydrogens (primary N) is 1. The maximum Gasteiger partial charge on any atom is 0.240 e. The smallest absolute Gasteiger partial charge is 0.240 e. The lowest BCUT2D eigenvalue weighted by Gasteiger charge is -2.37. The molecule has 1 amide bonds. The van der Waals surface area contributed by atoms with E-state index in [1.54, 1.807) is 0 Å². The minimum atomic E-state index is -0.252. The summed E-state index contributed by atoms with van der Waals surface area (Å²) < 4.78 is 0. The number of hydrogen-bond acceptors (Lipinski definition) is 3. The van der Waals surface area contributed by atoms with Crippen LogP contribution in [-0.2, 0) is 11.3 Å². The standard InChI is InChI=1S/C16H24ClN3O/c1-11(2)19-10-12-13(17)6-5-8-14(12)20-9-4-3-7-15(20)16(18)21/h5-6,8,11,15,19H,3-4,7,9-10H2,1-2H3,(H2,18,21). The van der Waals surface area contributed by atoms with Gasteiger partial charge in [0.1, 0.15) is 6.04 Å². The second-order valence-electron chi connectivity index (χ2n) is 5.88. The topological polar surface area (TPSA) is 58.4 Å². The third kappa shape index (κ3) is 3.89. The molecule has 116 valence electrons. The summed E-state index contributed by atoms with van der Waals surface area (Å²) in [6, 6.07) is 6.01. The molecule has 1 aliphatic rings. The zero-order valence-corrected chi connectivity index (χ0v) is 13.5. The van der Waals surface area contributed by atoms with Crippen LogP contribution in [0.4, 0.5) is 5.69 Å². The molecule has 2 rings (SSSR count). The molecule has 1 fully saturated rings. The van der Waals surface area contributed by atoms with E-state index < -0.39 is 0 Å². The van der Waals surface area contributed by atoms with Crippen molar-refractivity contribution in [1.29, 1.82) is 0 Å². The van der Waals surface area contributed by atoms with Crippen LogP contribution in [0.3, 0.4) is 0 Å². The molecule has 0 spiro atoms. The second kappa shape index (κ2) is 7.14. The molecular formula is C16H24ClN3O. The number of carbonyl (C=O) groups excluding carboxylic acids is 1. The largest absolute Gasteiger partial charge is 0.368 e. The van der Waals surface area contributed by atoms with Gasteiger partial charge < -0.3 is 16.0 Å². The van der Waals surface area contributed by atoms with Gasteiger partial charge in [-0.05, 0) is 31.4 Å². The Morgan fingerprint density at radius 2 is 2.24 bits per heavy atom. The van der Waals surface area contributed by atoms with Crippen molar-refractivity contribution >= 4 is 23.2 Å². The number of amides is 1. The van der Waals surface area contributed by atoms with Gasteiger partial charge in [0.15, 0.2) is 0 Å². The van der Waals surface area contributed by atoms with Crippen LogP contribution in [0.1, 0.15) is 38.7 Å². The summed E-state index contributed by atoms with van der Waals surface area (Å²) in [5, 5.41) is 4.13. The lowest BCUT2D eigenvalue weighted by atomic mass is 9.99. The van der Waals surface area contributed by atoms with Crippen molar-refractivity contribution in [2.45, 2.75) is 51.7 Å². The Balaban J connectivity index is 2.32. The van der Waals surface area contributed by atoms with E-state index in [0.717, 1.165) is 42.1 Å². The molecule has 0 radical (unpaired) electrons. The molecule has 5 heteroatoms. The number of piperidine rings is 1. The molecule has 1 aromatic rings. The highest BCUT2D eigenvalue weighted by Gasteiger charge is 2.28. The quantitative estimate of drug-likeness (QED) is 0.879. The Bertz CT molecular complexity index is 504. The van der Waals surface area contributed by atoms with Gasteiger partial charge in [0, 0.05) is 35.4 Å². The third-order valence-electron chi connectivity index (χ3n) is 3.92. The molecule has 1 heterocycles. The zero-order chi connectivity index (χ0) is 15.4. The Morgan fingerprint density at radius 1 is 1.48 bits per heavy atom. The molecule has 0 saturated carbocycles. The fourth-order valence-electron chi connectivity index (χ4n) is 2.81. The van der Waals surface area contributed by atoms with E-state index in [-0.39, 0.29) is 11.9 Å². The van der Waals surface area contributed by atoms with Crippen molar-refractivity contribution in [3.8, 4) is 0 Å². The van der Waals surface area contributed by atoms with Crippen LogP contribution in [0, 0.1) is 0 Å². The Morgan fingerprint density at radius 3 is 2.90 bits per heavy atom. The average molecular weight is 310 g/mol. The Labute approximate surface area is 131 Å². The number of carbonyl (C=O) groups is 1. The Hall–Kier alpha value is -1.26. The fourth-order valence-corrected chi connectivity index (χ4v) is 3.05. The van der Waals surface area contributed by atoms with Crippen LogP contribution < -0.4 is 16.0 Å². The van der Waals surface area contributed by atoms with E-state index in [9.17, 15) is 4.79 Å². The summed E-state index contributed by atoms with van der Waals surface area (Å²) in [4.78, 5) is 13.9. The van der Waals surface area contributed by atoms with E-state index in [4.69, 9.17) is 17.3 Å². The first-order chi connectivity index (χ1) is 10.0. The molecule has 1 unspecified atom stereocenters. The summed E-state index contributed by atoms with van der Waals surface area (Å²) in [5.41, 5.74) is 7.65. The van der Waals surface area contributed by atoms with Crippen molar-refractivity contribution in [3.05, 3.63) is 28.8 Å². The first kappa shape index (κ1) is 16.1. The molecule has 0 bridgehead atoms. The number of primary amides is 1. The minimum Gasteiger partial charge on any atom is -0.368 e. The van der Waals surface area contributed by atoms with Gasteiger partial charge in [0.2, 0.25) is 5.91 Å². The van der Waals surface area contributed by atoms with E-state index >= 15 is 0 Å². The number of hydrogen-bond donors (Lipinski definition) is 2. The fraction of sp³-hybridized carbons (Fsp3) is 0.562. The van der Waals surface area contributed by atoms with Crippen LogP contribution in [0.15, 0.2) is 18.2 Å². The summed E-state index contributed by atoms with van der Waals surface area (Å²) in [5.74, 6) is -0.252. The van der Waals surface area contributed by atoms with Crippen LogP contribution in [0.5, 0.6) is 0 Å². The van der Waals surface area contributed by atoms with Gasteiger partial charge in [-0.1, -0.05) is 31.5 Å². The lowest BCUT2D eigenvalue weighted by Crippen LogP contribution is -2.48. The van der Waals surface area contributed by atoms with Crippen molar-refractivity contribution in [3.63, 3.8) is 0 Å². The molecule has 1 aliphatic heterocycles. The maximum atomic E-state index is 11.7. The van der Waals surface area contributed by atoms with Gasteiger partial charge in [-0.2, -0.15) is 0 Å². The molecule has 4 nitrogen and oxygen atoms in total. The van der Waals surface area contributed by atoms with Crippen molar-refractivity contribution in [2.75, 3.05) is 11.4 Å². The zero-order valence-electron chi connectivity index (χ0n) is 12.7. The SMILES string of the molecule is CC(C)NCc1c(Cl)cccc1N1CCCCC1C(N)=O. The predicted octanol–water partition coefficient (Wildman–Crippen LogP) is 2.68. The van der Waals surface area contributed by atoms with Gasteiger partial charge in [0.05, 0.1) is 0 Å². The summed E-state index contributed by atoms with van der Waals surface area (Å²) in [6.07, 6.45) is 2.94. The van der Waals surface area contributed by atoms with Crippen molar-refractivity contribution in [2.24, 2.45) is 5.73 Å². The molecule has 0 aromatic heterocycles. The van der Waals surface area contributed by atoms with Gasteiger partial charge in [-0.15, -0.1) is 0 Å². The number of nitrogens with one attached hydrogen (secondary N) is 1. The average Bonchev–Trinajstić information content (AvgIpc) is 2.45. The van der Waals surface area contributed by atoms with E-state index in [1.807, 2.05) is 18.2 Å². The molecule has 1 saturated heterocycles. The summed E-state index contributed by atoms with van der Waals surface area (Å²) >= 11 is 6.38. The summed E-state index contributed by atoms with van der Waals surface area (Å²) in [7, 11) is 0. The van der Waals surface area contributed by atoms with Gasteiger partial charge in [-0.25, -0.2) is 0 Å². The monoisotopic (exact) mass is 309 g/mol. The molecular weight excluding hydrogens is 286 g/mol. The van der Waals surface area contributed by atoms with E-state index in [1.165, 1.54) is 0 Å². The highest BCUT2D eigenvalue weighted by molar-refractivity contribution is 6.31. The van der Waals surface area contributed by atoms with Crippen LogP contribution in [0.2, 0.25) is 5.02 Å². The van der Waals surface area contributed by atoms with E-state index in [2.05, 4.69) is 24.1 Å². The van der Waals surface area contributed by atoms with Gasteiger partial charge in [-0.3, -0.25) is 4.79 Å². The molecule has 0 aliphatic carbocycles. The summed E-state index contributed by atoms with van der Waals surface area (Å²) in [6.45, 7) is 5.74. The normalized spacial score (nSPS) is 19.0. The lowest BCUT2D eigenvalue weighted by molar-refractivity contribution is -0.119. The highest BCUT2D eigenvalue weighted by Crippen LogP contribution is 2.32. The molecule has 1 aromatic carbocycles. The number of halogens is 1. The van der Waals surface area contributed by atoms with Crippen molar-refractivity contribution in [1.82, 2.24) is 5.32 Å². The van der Waals surface area contributed by atoms with Gasteiger partial charge >= 0.3 is 0 Å². The number of rotatable bonds is 5. The molecule has 3 N–H and O–H groups in total. The number of nitrogens with zero attached hydrogens (tertiary/aromatic N) is 1. The Kier molecular flexibility index (Phi) is 5.48.